The molecule has 1 aromatic carbocycles. The number of hydrogen-bond acceptors (Lipinski definition) is 5. The summed E-state index contributed by atoms with van der Waals surface area (Å²) in [5, 5.41) is 5.48. The Morgan fingerprint density at radius 3 is 2.76 bits per heavy atom. The second-order valence-corrected chi connectivity index (χ2v) is 7.55. The second kappa shape index (κ2) is 8.45. The third kappa shape index (κ3) is 5.03. The van der Waals surface area contributed by atoms with E-state index in [1.54, 1.807) is 0 Å². The first kappa shape index (κ1) is 17.9. The Hall–Kier alpha value is -1.92. The van der Waals surface area contributed by atoms with Gasteiger partial charge in [0.2, 0.25) is 5.91 Å². The van der Waals surface area contributed by atoms with Crippen LogP contribution in [0.15, 0.2) is 29.6 Å². The minimum Gasteiger partial charge on any atom is -0.371 e. The molecule has 3 rings (SSSR count). The normalized spacial score (nSPS) is 14.8. The highest BCUT2D eigenvalue weighted by Crippen LogP contribution is 2.25. The van der Waals surface area contributed by atoms with E-state index in [4.69, 9.17) is 0 Å². The Morgan fingerprint density at radius 2 is 2.04 bits per heavy atom. The number of thiazole rings is 1. The van der Waals surface area contributed by atoms with Crippen LogP contribution >= 0.6 is 11.3 Å². The van der Waals surface area contributed by atoms with Crippen molar-refractivity contribution in [3.63, 3.8) is 0 Å². The average Bonchev–Trinajstić information content (AvgIpc) is 3.00. The van der Waals surface area contributed by atoms with Gasteiger partial charge in [0.25, 0.3) is 0 Å². The Kier molecular flexibility index (Phi) is 6.04. The first-order valence-electron chi connectivity index (χ1n) is 8.85. The topological polar surface area (TPSA) is 48.5 Å². The SMILES string of the molecule is Cc1csc(NC(=O)CN(C)Cc2ccccc2N2CCCCC2)n1. The smallest absolute Gasteiger partial charge is 0.240 e. The van der Waals surface area contributed by atoms with Gasteiger partial charge in [-0.1, -0.05) is 18.2 Å². The van der Waals surface area contributed by atoms with E-state index < -0.39 is 0 Å². The molecule has 1 aromatic heterocycles. The largest absolute Gasteiger partial charge is 0.371 e. The molecule has 0 spiro atoms. The number of hydrogen-bond donors (Lipinski definition) is 1. The van der Waals surface area contributed by atoms with Gasteiger partial charge in [-0.3, -0.25) is 9.69 Å². The van der Waals surface area contributed by atoms with Crippen molar-refractivity contribution >= 4 is 28.1 Å². The van der Waals surface area contributed by atoms with Crippen LogP contribution in [0.25, 0.3) is 0 Å². The van der Waals surface area contributed by atoms with Crippen molar-refractivity contribution in [1.29, 1.82) is 0 Å². The van der Waals surface area contributed by atoms with Crippen molar-refractivity contribution in [3.05, 3.63) is 40.9 Å². The van der Waals surface area contributed by atoms with Crippen LogP contribution in [-0.4, -0.2) is 42.5 Å². The molecule has 0 atom stereocenters. The van der Waals surface area contributed by atoms with Crippen molar-refractivity contribution in [2.24, 2.45) is 0 Å². The number of para-hydroxylation sites is 1. The molecule has 1 saturated heterocycles. The molecular formula is C19H26N4OS. The lowest BCUT2D eigenvalue weighted by molar-refractivity contribution is -0.117. The predicted molar refractivity (Wildman–Crippen MR) is 104 cm³/mol. The van der Waals surface area contributed by atoms with Gasteiger partial charge in [-0.25, -0.2) is 4.98 Å². The molecule has 25 heavy (non-hydrogen) atoms. The number of nitrogens with one attached hydrogen (secondary N) is 1. The number of aryl methyl sites for hydroxylation is 1. The van der Waals surface area contributed by atoms with Crippen LogP contribution in [0.4, 0.5) is 10.8 Å². The van der Waals surface area contributed by atoms with Gasteiger partial charge in [-0.05, 0) is 44.9 Å². The molecule has 0 unspecified atom stereocenters. The summed E-state index contributed by atoms with van der Waals surface area (Å²) in [6.45, 7) is 5.30. The summed E-state index contributed by atoms with van der Waals surface area (Å²) in [7, 11) is 1.99. The van der Waals surface area contributed by atoms with Crippen molar-refractivity contribution in [3.8, 4) is 0 Å². The van der Waals surface area contributed by atoms with Crippen molar-refractivity contribution < 1.29 is 4.79 Å². The molecule has 1 amide bonds. The Morgan fingerprint density at radius 1 is 1.28 bits per heavy atom. The molecule has 2 heterocycles. The maximum atomic E-state index is 12.2. The molecule has 5 nitrogen and oxygen atoms in total. The van der Waals surface area contributed by atoms with E-state index in [9.17, 15) is 4.79 Å². The third-order valence-electron chi connectivity index (χ3n) is 4.41. The van der Waals surface area contributed by atoms with E-state index >= 15 is 0 Å². The first-order chi connectivity index (χ1) is 12.1. The Balaban J connectivity index is 1.58. The predicted octanol–water partition coefficient (Wildman–Crippen LogP) is 3.51. The van der Waals surface area contributed by atoms with E-state index in [1.807, 2.05) is 19.4 Å². The summed E-state index contributed by atoms with van der Waals surface area (Å²) in [6.07, 6.45) is 3.86. The highest BCUT2D eigenvalue weighted by molar-refractivity contribution is 7.13. The van der Waals surface area contributed by atoms with Crippen LogP contribution in [0.1, 0.15) is 30.5 Å². The summed E-state index contributed by atoms with van der Waals surface area (Å²) in [4.78, 5) is 21.0. The number of carbonyl (C=O) groups excluding carboxylic acids is 1. The molecule has 0 saturated carbocycles. The zero-order chi connectivity index (χ0) is 17.6. The molecule has 6 heteroatoms. The number of rotatable bonds is 6. The first-order valence-corrected chi connectivity index (χ1v) is 9.73. The Labute approximate surface area is 153 Å². The number of aromatic nitrogens is 1. The average molecular weight is 359 g/mol. The number of benzene rings is 1. The summed E-state index contributed by atoms with van der Waals surface area (Å²) < 4.78 is 0. The lowest BCUT2D eigenvalue weighted by atomic mass is 10.1. The molecule has 0 radical (unpaired) electrons. The maximum absolute atomic E-state index is 12.2. The number of likely N-dealkylation sites (N-methyl/N-ethyl adjacent to an activating group) is 1. The number of anilines is 2. The molecule has 1 aliphatic rings. The van der Waals surface area contributed by atoms with E-state index in [-0.39, 0.29) is 5.91 Å². The van der Waals surface area contributed by atoms with E-state index in [0.29, 0.717) is 11.7 Å². The summed E-state index contributed by atoms with van der Waals surface area (Å²) in [6, 6.07) is 8.55. The second-order valence-electron chi connectivity index (χ2n) is 6.69. The van der Waals surface area contributed by atoms with E-state index in [0.717, 1.165) is 25.3 Å². The summed E-state index contributed by atoms with van der Waals surface area (Å²) in [5.74, 6) is -0.0210. The van der Waals surface area contributed by atoms with Gasteiger partial charge >= 0.3 is 0 Å². The van der Waals surface area contributed by atoms with Gasteiger partial charge in [-0.2, -0.15) is 0 Å². The highest BCUT2D eigenvalue weighted by atomic mass is 32.1. The fourth-order valence-electron chi connectivity index (χ4n) is 3.25. The minimum absolute atomic E-state index is 0.0210. The van der Waals surface area contributed by atoms with Gasteiger partial charge in [-0.15, -0.1) is 11.3 Å². The lowest BCUT2D eigenvalue weighted by Crippen LogP contribution is -2.32. The standard InChI is InChI=1S/C19H26N4OS/c1-15-14-25-19(20-15)21-18(24)13-22(2)12-16-8-4-5-9-17(16)23-10-6-3-7-11-23/h4-5,8-9,14H,3,6-7,10-13H2,1-2H3,(H,20,21,24). The van der Waals surface area contributed by atoms with Gasteiger partial charge < -0.3 is 10.2 Å². The molecule has 1 N–H and O–H groups in total. The molecule has 1 fully saturated rings. The molecular weight excluding hydrogens is 332 g/mol. The summed E-state index contributed by atoms with van der Waals surface area (Å²) >= 11 is 1.46. The van der Waals surface area contributed by atoms with Crippen LogP contribution in [0, 0.1) is 6.92 Å². The van der Waals surface area contributed by atoms with E-state index in [1.165, 1.54) is 41.9 Å². The quantitative estimate of drug-likeness (QED) is 0.858. The number of carbonyl (C=O) groups is 1. The Bertz CT molecular complexity index is 709. The molecule has 0 bridgehead atoms. The van der Waals surface area contributed by atoms with Gasteiger partial charge in [0.15, 0.2) is 5.13 Å². The fourth-order valence-corrected chi connectivity index (χ4v) is 3.95. The van der Waals surface area contributed by atoms with Crippen molar-refractivity contribution in [2.75, 3.05) is 36.9 Å². The zero-order valence-electron chi connectivity index (χ0n) is 15.0. The minimum atomic E-state index is -0.0210. The van der Waals surface area contributed by atoms with Gasteiger partial charge in [0, 0.05) is 30.7 Å². The monoisotopic (exact) mass is 358 g/mol. The zero-order valence-corrected chi connectivity index (χ0v) is 15.8. The van der Waals surface area contributed by atoms with E-state index in [2.05, 4.69) is 44.4 Å². The van der Waals surface area contributed by atoms with Crippen LogP contribution in [0.5, 0.6) is 0 Å². The van der Waals surface area contributed by atoms with Gasteiger partial charge in [0.05, 0.1) is 12.2 Å². The fraction of sp³-hybridized carbons (Fsp3) is 0.474. The molecule has 0 aliphatic carbocycles. The van der Waals surface area contributed by atoms with Crippen LogP contribution in [0.2, 0.25) is 0 Å². The summed E-state index contributed by atoms with van der Waals surface area (Å²) in [5.41, 5.74) is 3.53. The maximum Gasteiger partial charge on any atom is 0.240 e. The lowest BCUT2D eigenvalue weighted by Gasteiger charge is -2.31. The molecule has 1 aliphatic heterocycles. The van der Waals surface area contributed by atoms with Crippen LogP contribution < -0.4 is 10.2 Å². The highest BCUT2D eigenvalue weighted by Gasteiger charge is 2.16. The third-order valence-corrected chi connectivity index (χ3v) is 5.28. The number of amides is 1. The van der Waals surface area contributed by atoms with Crippen LogP contribution in [-0.2, 0) is 11.3 Å². The van der Waals surface area contributed by atoms with Crippen molar-refractivity contribution in [1.82, 2.24) is 9.88 Å². The number of piperidine rings is 1. The molecule has 134 valence electrons. The number of nitrogens with zero attached hydrogens (tertiary/aromatic N) is 3. The van der Waals surface area contributed by atoms with Crippen LogP contribution in [0.3, 0.4) is 0 Å². The van der Waals surface area contributed by atoms with Crippen molar-refractivity contribution in [2.45, 2.75) is 32.7 Å². The molecule has 2 aromatic rings. The van der Waals surface area contributed by atoms with Gasteiger partial charge in [0.1, 0.15) is 0 Å².